The highest BCUT2D eigenvalue weighted by Gasteiger charge is 2.30. The smallest absolute Gasteiger partial charge is 0.304 e. The zero-order valence-corrected chi connectivity index (χ0v) is 33.0. The number of carbonyl (C=O) groups is 2. The van der Waals surface area contributed by atoms with E-state index in [0.717, 1.165) is 49.9 Å². The van der Waals surface area contributed by atoms with Gasteiger partial charge in [-0.05, 0) is 79.5 Å². The second-order valence-electron chi connectivity index (χ2n) is 14.3. The van der Waals surface area contributed by atoms with Crippen molar-refractivity contribution in [3.8, 4) is 0 Å². The fourth-order valence-corrected chi connectivity index (χ4v) is 6.39. The van der Waals surface area contributed by atoms with Crippen LogP contribution >= 0.6 is 23.2 Å². The van der Waals surface area contributed by atoms with E-state index in [1.807, 2.05) is 110 Å². The van der Waals surface area contributed by atoms with Crippen LogP contribution in [0.2, 0.25) is 10.0 Å². The monoisotopic (exact) mass is 758 g/mol. The first-order valence-electron chi connectivity index (χ1n) is 17.2. The molecule has 4 aromatic heterocycles. The summed E-state index contributed by atoms with van der Waals surface area (Å²) in [5, 5.41) is 29.6. The highest BCUT2D eigenvalue weighted by atomic mass is 35.5. The number of hydrogen-bond acceptors (Lipinski definition) is 7. The van der Waals surface area contributed by atoms with Gasteiger partial charge in [-0.3, -0.25) is 19.8 Å². The molecule has 280 valence electrons. The van der Waals surface area contributed by atoms with Gasteiger partial charge in [0.1, 0.15) is 0 Å². The molecule has 4 heterocycles. The van der Waals surface area contributed by atoms with Crippen LogP contribution < -0.4 is 5.32 Å². The summed E-state index contributed by atoms with van der Waals surface area (Å²) in [6, 6.07) is 19.3. The Morgan fingerprint density at radius 2 is 1.23 bits per heavy atom. The summed E-state index contributed by atoms with van der Waals surface area (Å²) in [5.74, 6) is -0.752. The molecular weight excluding hydrogens is 711 g/mol. The first-order chi connectivity index (χ1) is 25.1. The van der Waals surface area contributed by atoms with Crippen molar-refractivity contribution in [1.82, 2.24) is 40.6 Å². The van der Waals surface area contributed by atoms with Crippen molar-refractivity contribution in [2.24, 2.45) is 0 Å². The minimum atomic E-state index is -0.823. The van der Waals surface area contributed by atoms with Crippen molar-refractivity contribution in [2.75, 3.05) is 14.1 Å². The molecule has 6 rings (SSSR count). The van der Waals surface area contributed by atoms with Crippen LogP contribution in [0.15, 0.2) is 73.1 Å². The first kappa shape index (κ1) is 40.9. The lowest BCUT2D eigenvalue weighted by atomic mass is 9.83. The van der Waals surface area contributed by atoms with Crippen molar-refractivity contribution in [3.05, 3.63) is 117 Å². The maximum atomic E-state index is 12.8. The van der Waals surface area contributed by atoms with Crippen LogP contribution in [0, 0.1) is 13.8 Å². The van der Waals surface area contributed by atoms with Gasteiger partial charge in [-0.1, -0.05) is 75.2 Å². The van der Waals surface area contributed by atoms with Crippen molar-refractivity contribution >= 4 is 57.1 Å². The number of aliphatic carboxylic acids is 1. The molecule has 6 aromatic rings. The van der Waals surface area contributed by atoms with Crippen LogP contribution in [0.1, 0.15) is 74.2 Å². The summed E-state index contributed by atoms with van der Waals surface area (Å²) in [7, 11) is 3.76. The van der Waals surface area contributed by atoms with Gasteiger partial charge in [0.05, 0.1) is 17.8 Å². The van der Waals surface area contributed by atoms with Crippen molar-refractivity contribution in [1.29, 1.82) is 0 Å². The average molecular weight is 760 g/mol. The zero-order chi connectivity index (χ0) is 38.9. The van der Waals surface area contributed by atoms with Crippen molar-refractivity contribution in [3.63, 3.8) is 0 Å². The molecular formula is C40H48Cl2N8O3. The summed E-state index contributed by atoms with van der Waals surface area (Å²) in [4.78, 5) is 33.7. The minimum absolute atomic E-state index is 0.0547. The van der Waals surface area contributed by atoms with Crippen molar-refractivity contribution < 1.29 is 14.7 Å². The average Bonchev–Trinajstić information content (AvgIpc) is 3.75. The molecule has 0 aliphatic rings. The summed E-state index contributed by atoms with van der Waals surface area (Å²) in [6.45, 7) is 13.3. The number of fused-ring (bicyclic) bond motifs is 2. The number of halogens is 2. The van der Waals surface area contributed by atoms with E-state index in [1.54, 1.807) is 17.3 Å². The molecule has 4 N–H and O–H groups in total. The van der Waals surface area contributed by atoms with Crippen LogP contribution in [0.25, 0.3) is 22.1 Å². The van der Waals surface area contributed by atoms with E-state index >= 15 is 0 Å². The third kappa shape index (κ3) is 10.4. The molecule has 1 amide bonds. The summed E-state index contributed by atoms with van der Waals surface area (Å²) >= 11 is 12.1. The molecule has 0 fully saturated rings. The second-order valence-corrected chi connectivity index (χ2v) is 15.1. The Bertz CT molecular complexity index is 2180. The number of H-pyrrole nitrogens is 2. The Labute approximate surface area is 320 Å². The molecule has 0 spiro atoms. The first-order valence-corrected chi connectivity index (χ1v) is 18.0. The minimum Gasteiger partial charge on any atom is -0.481 e. The van der Waals surface area contributed by atoms with E-state index in [-0.39, 0.29) is 17.7 Å². The number of carboxylic acid groups (broad SMARTS) is 1. The number of aromatic nitrogens is 6. The number of benzene rings is 2. The van der Waals surface area contributed by atoms with E-state index in [9.17, 15) is 9.59 Å². The van der Waals surface area contributed by atoms with E-state index in [4.69, 9.17) is 28.3 Å². The Morgan fingerprint density at radius 3 is 1.72 bits per heavy atom. The largest absolute Gasteiger partial charge is 0.481 e. The zero-order valence-electron chi connectivity index (χ0n) is 31.5. The van der Waals surface area contributed by atoms with Crippen LogP contribution in [0.5, 0.6) is 0 Å². The van der Waals surface area contributed by atoms with Crippen LogP contribution in [0.4, 0.5) is 0 Å². The Morgan fingerprint density at radius 1 is 0.755 bits per heavy atom. The maximum absolute atomic E-state index is 12.8. The summed E-state index contributed by atoms with van der Waals surface area (Å²) < 4.78 is 0. The van der Waals surface area contributed by atoms with E-state index < -0.39 is 11.4 Å². The second kappa shape index (κ2) is 17.8. The van der Waals surface area contributed by atoms with Crippen molar-refractivity contribution in [2.45, 2.75) is 78.3 Å². The number of rotatable bonds is 10. The highest BCUT2D eigenvalue weighted by molar-refractivity contribution is 6.31. The number of carbonyl (C=O) groups excluding carboxylic acids is 1. The van der Waals surface area contributed by atoms with Gasteiger partial charge in [0.2, 0.25) is 5.91 Å². The normalized spacial score (nSPS) is 11.4. The molecule has 0 saturated carbocycles. The van der Waals surface area contributed by atoms with E-state index in [2.05, 4.69) is 41.7 Å². The van der Waals surface area contributed by atoms with Gasteiger partial charge in [0, 0.05) is 70.6 Å². The molecule has 0 aliphatic heterocycles. The predicted octanol–water partition coefficient (Wildman–Crippen LogP) is 8.32. The topological polar surface area (TPSA) is 153 Å². The fourth-order valence-electron chi connectivity index (χ4n) is 6.00. The molecule has 0 aliphatic carbocycles. The van der Waals surface area contributed by atoms with E-state index in [0.29, 0.717) is 24.3 Å². The number of amides is 1. The number of aromatic amines is 2. The molecule has 53 heavy (non-hydrogen) atoms. The molecule has 11 nitrogen and oxygen atoms in total. The van der Waals surface area contributed by atoms with Gasteiger partial charge in [0.15, 0.2) is 11.3 Å². The summed E-state index contributed by atoms with van der Waals surface area (Å²) in [6.07, 6.45) is 3.80. The molecule has 0 saturated heterocycles. The third-order valence-corrected chi connectivity index (χ3v) is 9.98. The van der Waals surface area contributed by atoms with Crippen LogP contribution in [-0.2, 0) is 33.5 Å². The fraction of sp³-hybridized carbons (Fsp3) is 0.350. The number of hydrogen-bond donors (Lipinski definition) is 4. The van der Waals surface area contributed by atoms with Crippen LogP contribution in [-0.4, -0.2) is 66.3 Å². The molecule has 13 heteroatoms. The van der Waals surface area contributed by atoms with Gasteiger partial charge in [0.25, 0.3) is 0 Å². The van der Waals surface area contributed by atoms with E-state index in [1.165, 1.54) is 11.1 Å². The SMILES string of the molecule is CC(C)(CC(=O)O)c1[nH]nc2ncccc12.CNCc1cccc(Cl)c1C.Cc1c(Cl)cccc1CN(C)C(=O)CC(C)(C)c1[nH]nc2ncccc12. The van der Waals surface area contributed by atoms with Gasteiger partial charge in [-0.15, -0.1) is 0 Å². The molecule has 0 unspecified atom stereocenters. The quantitative estimate of drug-likeness (QED) is 0.109. The lowest BCUT2D eigenvalue weighted by molar-refractivity contribution is -0.138. The highest BCUT2D eigenvalue weighted by Crippen LogP contribution is 2.32. The molecule has 0 bridgehead atoms. The molecule has 0 atom stereocenters. The van der Waals surface area contributed by atoms with Gasteiger partial charge < -0.3 is 15.3 Å². The maximum Gasteiger partial charge on any atom is 0.304 e. The summed E-state index contributed by atoms with van der Waals surface area (Å²) in [5.41, 5.74) is 6.68. The standard InChI is InChI=1S/C20H23ClN4O.C11H13N3O2.C9H12ClN/c1-13-14(7-5-9-16(13)21)12-25(4)17(26)11-20(2,3)18-15-8-6-10-22-19(15)24-23-18;1-11(2,6-8(15)16)9-7-4-3-5-12-10(7)14-13-9;1-7-8(6-11-2)4-3-5-9(7)10/h5-10H,11-12H2,1-4H3,(H,22,23,24);3-5H,6H2,1-2H3,(H,15,16)(H,12,13,14);3-5,11H,6H2,1-2H3. The van der Waals surface area contributed by atoms with Gasteiger partial charge in [-0.25, -0.2) is 9.97 Å². The predicted molar refractivity (Wildman–Crippen MR) is 212 cm³/mol. The Hall–Kier alpha value is -4.84. The number of nitrogens with one attached hydrogen (secondary N) is 3. The lowest BCUT2D eigenvalue weighted by Crippen LogP contribution is -2.33. The number of pyridine rings is 2. The number of nitrogens with zero attached hydrogens (tertiary/aromatic N) is 5. The van der Waals surface area contributed by atoms with Gasteiger partial charge >= 0.3 is 5.97 Å². The Balaban J connectivity index is 0.000000197. The van der Waals surface area contributed by atoms with Crippen LogP contribution in [0.3, 0.4) is 0 Å². The Kier molecular flexibility index (Phi) is 13.7. The third-order valence-electron chi connectivity index (χ3n) is 9.16. The lowest BCUT2D eigenvalue weighted by Gasteiger charge is -2.27. The molecule has 0 radical (unpaired) electrons. The molecule has 2 aromatic carbocycles. The number of carboxylic acids is 1. The van der Waals surface area contributed by atoms with Gasteiger partial charge in [-0.2, -0.15) is 10.2 Å².